The topological polar surface area (TPSA) is 49.4 Å². The molecule has 0 aromatic rings. The molecule has 0 radical (unpaired) electrons. The van der Waals surface area contributed by atoms with Gasteiger partial charge < -0.3 is 10.2 Å². The molecule has 1 heterocycles. The maximum Gasteiger partial charge on any atom is 0.246 e. The molecule has 116 valence electrons. The first-order valence-corrected chi connectivity index (χ1v) is 8.54. The molecule has 5 heteroatoms. The highest BCUT2D eigenvalue weighted by atomic mass is 32.2. The van der Waals surface area contributed by atoms with Crippen molar-refractivity contribution >= 4 is 23.6 Å². The van der Waals surface area contributed by atoms with Crippen LogP contribution < -0.4 is 5.32 Å². The highest BCUT2D eigenvalue weighted by Crippen LogP contribution is 2.31. The molecule has 0 aromatic heterocycles. The number of carbonyl (C=O) groups is 2. The highest BCUT2D eigenvalue weighted by molar-refractivity contribution is 7.99. The number of piperazine rings is 1. The summed E-state index contributed by atoms with van der Waals surface area (Å²) < 4.78 is 0. The second-order valence-corrected chi connectivity index (χ2v) is 7.98. The lowest BCUT2D eigenvalue weighted by Gasteiger charge is -2.48. The number of hydrogen-bond donors (Lipinski definition) is 1. The second-order valence-electron chi connectivity index (χ2n) is 6.59. The molecule has 1 N–H and O–H groups in total. The predicted molar refractivity (Wildman–Crippen MR) is 84.8 cm³/mol. The van der Waals surface area contributed by atoms with Crippen molar-refractivity contribution in [3.8, 4) is 0 Å². The monoisotopic (exact) mass is 300 g/mol. The van der Waals surface area contributed by atoms with Crippen LogP contribution in [0.25, 0.3) is 0 Å². The Morgan fingerprint density at radius 1 is 1.30 bits per heavy atom. The van der Waals surface area contributed by atoms with E-state index in [4.69, 9.17) is 0 Å². The summed E-state index contributed by atoms with van der Waals surface area (Å²) in [7, 11) is 0. The normalized spacial score (nSPS) is 27.7. The van der Waals surface area contributed by atoms with E-state index < -0.39 is 11.6 Å². The van der Waals surface area contributed by atoms with Crippen LogP contribution in [0.4, 0.5) is 0 Å². The number of rotatable bonds is 5. The van der Waals surface area contributed by atoms with Crippen LogP contribution in [0.1, 0.15) is 48.0 Å². The fourth-order valence-corrected chi connectivity index (χ4v) is 3.07. The van der Waals surface area contributed by atoms with Crippen LogP contribution >= 0.6 is 11.8 Å². The second kappa shape index (κ2) is 6.37. The first-order valence-electron chi connectivity index (χ1n) is 7.38. The van der Waals surface area contributed by atoms with Crippen molar-refractivity contribution in [1.29, 1.82) is 0 Å². The zero-order chi connectivity index (χ0) is 15.6. The van der Waals surface area contributed by atoms with Crippen molar-refractivity contribution in [3.63, 3.8) is 0 Å². The number of nitrogens with one attached hydrogen (secondary N) is 1. The Balaban J connectivity index is 3.02. The summed E-state index contributed by atoms with van der Waals surface area (Å²) in [6, 6.07) is -0.429. The number of amides is 2. The molecule has 1 aliphatic heterocycles. The Labute approximate surface area is 127 Å². The standard InChI is InChI=1S/C15H28N2O2S/c1-7-15(6)13(19)16-11(14(3,4)5)12(18)17(15)9-10-20-8-2/h11H,7-10H2,1-6H3,(H,16,19). The molecule has 2 atom stereocenters. The van der Waals surface area contributed by atoms with Gasteiger partial charge in [-0.25, -0.2) is 0 Å². The van der Waals surface area contributed by atoms with E-state index in [0.717, 1.165) is 11.5 Å². The van der Waals surface area contributed by atoms with Gasteiger partial charge in [0, 0.05) is 12.3 Å². The number of carbonyl (C=O) groups excluding carboxylic acids is 2. The molecular weight excluding hydrogens is 272 g/mol. The van der Waals surface area contributed by atoms with Crippen LogP contribution in [0.2, 0.25) is 0 Å². The number of nitrogens with zero attached hydrogens (tertiary/aromatic N) is 1. The molecule has 1 rings (SSSR count). The number of hydrogen-bond acceptors (Lipinski definition) is 3. The van der Waals surface area contributed by atoms with Crippen molar-refractivity contribution < 1.29 is 9.59 Å². The summed E-state index contributed by atoms with van der Waals surface area (Å²) in [5, 5.41) is 2.93. The predicted octanol–water partition coefficient (Wildman–Crippen LogP) is 2.28. The third-order valence-corrected chi connectivity index (χ3v) is 4.97. The molecule has 1 saturated heterocycles. The molecule has 0 spiro atoms. The molecule has 2 unspecified atom stereocenters. The highest BCUT2D eigenvalue weighted by Gasteiger charge is 2.50. The average molecular weight is 300 g/mol. The van der Waals surface area contributed by atoms with Gasteiger partial charge in [-0.3, -0.25) is 9.59 Å². The molecule has 1 aliphatic rings. The summed E-state index contributed by atoms with van der Waals surface area (Å²) in [5.74, 6) is 1.93. The zero-order valence-corrected chi connectivity index (χ0v) is 14.4. The summed E-state index contributed by atoms with van der Waals surface area (Å²) >= 11 is 1.80. The van der Waals surface area contributed by atoms with Gasteiger partial charge >= 0.3 is 0 Å². The fraction of sp³-hybridized carbons (Fsp3) is 0.867. The minimum Gasteiger partial charge on any atom is -0.342 e. The van der Waals surface area contributed by atoms with Crippen LogP contribution in [0, 0.1) is 5.41 Å². The van der Waals surface area contributed by atoms with Gasteiger partial charge in [-0.1, -0.05) is 34.6 Å². The van der Waals surface area contributed by atoms with Crippen molar-refractivity contribution in [2.24, 2.45) is 5.41 Å². The average Bonchev–Trinajstić information content (AvgIpc) is 2.36. The maximum atomic E-state index is 12.8. The van der Waals surface area contributed by atoms with Crippen LogP contribution in [-0.4, -0.2) is 46.3 Å². The van der Waals surface area contributed by atoms with Crippen LogP contribution in [0.5, 0.6) is 0 Å². The van der Waals surface area contributed by atoms with Crippen LogP contribution in [0.3, 0.4) is 0 Å². The Kier molecular flexibility index (Phi) is 5.53. The summed E-state index contributed by atoms with van der Waals surface area (Å²) in [4.78, 5) is 27.1. The van der Waals surface area contributed by atoms with E-state index >= 15 is 0 Å². The molecule has 4 nitrogen and oxygen atoms in total. The summed E-state index contributed by atoms with van der Waals surface area (Å²) in [6.45, 7) is 12.5. The van der Waals surface area contributed by atoms with Gasteiger partial charge in [0.15, 0.2) is 0 Å². The smallest absolute Gasteiger partial charge is 0.246 e. The van der Waals surface area contributed by atoms with E-state index in [-0.39, 0.29) is 17.2 Å². The third kappa shape index (κ3) is 3.30. The van der Waals surface area contributed by atoms with Gasteiger partial charge in [-0.15, -0.1) is 0 Å². The van der Waals surface area contributed by atoms with E-state index in [1.54, 1.807) is 16.7 Å². The molecular formula is C15H28N2O2S. The molecule has 0 aliphatic carbocycles. The van der Waals surface area contributed by atoms with Crippen molar-refractivity contribution in [2.45, 2.75) is 59.5 Å². The van der Waals surface area contributed by atoms with Gasteiger partial charge in [0.1, 0.15) is 11.6 Å². The maximum absolute atomic E-state index is 12.8. The summed E-state index contributed by atoms with van der Waals surface area (Å²) in [6.07, 6.45) is 0.637. The van der Waals surface area contributed by atoms with Crippen LogP contribution in [0.15, 0.2) is 0 Å². The SMILES string of the molecule is CCSCCN1C(=O)C(C(C)(C)C)NC(=O)C1(C)CC. The molecule has 0 bridgehead atoms. The van der Waals surface area contributed by atoms with Crippen molar-refractivity contribution in [1.82, 2.24) is 10.2 Å². The lowest BCUT2D eigenvalue weighted by molar-refractivity contribution is -0.159. The van der Waals surface area contributed by atoms with Gasteiger partial charge in [-0.05, 0) is 24.5 Å². The van der Waals surface area contributed by atoms with E-state index in [1.807, 2.05) is 34.6 Å². The van der Waals surface area contributed by atoms with Gasteiger partial charge in [0.2, 0.25) is 11.8 Å². The van der Waals surface area contributed by atoms with E-state index in [0.29, 0.717) is 13.0 Å². The molecule has 1 fully saturated rings. The van der Waals surface area contributed by atoms with Gasteiger partial charge in [0.05, 0.1) is 0 Å². The molecule has 2 amide bonds. The van der Waals surface area contributed by atoms with E-state index in [1.165, 1.54) is 0 Å². The minimum absolute atomic E-state index is 0.0268. The molecule has 0 aromatic carbocycles. The summed E-state index contributed by atoms with van der Waals surface area (Å²) in [5.41, 5.74) is -0.981. The first-order chi connectivity index (χ1) is 9.18. The Bertz CT molecular complexity index is 379. The van der Waals surface area contributed by atoms with E-state index in [9.17, 15) is 9.59 Å². The van der Waals surface area contributed by atoms with Crippen molar-refractivity contribution in [3.05, 3.63) is 0 Å². The Morgan fingerprint density at radius 2 is 1.90 bits per heavy atom. The largest absolute Gasteiger partial charge is 0.342 e. The third-order valence-electron chi connectivity index (χ3n) is 4.09. The van der Waals surface area contributed by atoms with Gasteiger partial charge in [0.25, 0.3) is 0 Å². The fourth-order valence-electron chi connectivity index (χ4n) is 2.47. The molecule has 20 heavy (non-hydrogen) atoms. The van der Waals surface area contributed by atoms with Crippen LogP contribution in [-0.2, 0) is 9.59 Å². The van der Waals surface area contributed by atoms with E-state index in [2.05, 4.69) is 12.2 Å². The first kappa shape index (κ1) is 17.3. The minimum atomic E-state index is -0.715. The van der Waals surface area contributed by atoms with Gasteiger partial charge in [-0.2, -0.15) is 11.8 Å². The zero-order valence-electron chi connectivity index (χ0n) is 13.6. The Hall–Kier alpha value is -0.710. The van der Waals surface area contributed by atoms with Crippen molar-refractivity contribution in [2.75, 3.05) is 18.1 Å². The molecule has 0 saturated carbocycles. The lowest BCUT2D eigenvalue weighted by Crippen LogP contribution is -2.71. The quantitative estimate of drug-likeness (QED) is 0.793. The Morgan fingerprint density at radius 3 is 2.35 bits per heavy atom. The lowest BCUT2D eigenvalue weighted by atomic mass is 9.80. The number of thioether (sulfide) groups is 1.